The van der Waals surface area contributed by atoms with Crippen molar-refractivity contribution in [2.45, 2.75) is 5.16 Å². The Bertz CT molecular complexity index is 1040. The molecule has 1 saturated heterocycles. The molecule has 0 unspecified atom stereocenters. The van der Waals surface area contributed by atoms with E-state index >= 15 is 0 Å². The van der Waals surface area contributed by atoms with E-state index < -0.39 is 0 Å². The first-order valence-electron chi connectivity index (χ1n) is 9.33. The Morgan fingerprint density at radius 2 is 1.97 bits per heavy atom. The lowest BCUT2D eigenvalue weighted by Crippen LogP contribution is -2.37. The number of nitrogens with zero attached hydrogens (tertiary/aromatic N) is 4. The molecule has 2 aromatic carbocycles. The second-order valence-corrected chi connectivity index (χ2v) is 8.31. The molecule has 3 aromatic rings. The van der Waals surface area contributed by atoms with Gasteiger partial charge in [-0.3, -0.25) is 9.36 Å². The fraction of sp³-hybridized carbons (Fsp3) is 0.250. The summed E-state index contributed by atoms with van der Waals surface area (Å²) >= 11 is 4.67. The van der Waals surface area contributed by atoms with E-state index in [0.29, 0.717) is 48.8 Å². The molecule has 1 aliphatic rings. The van der Waals surface area contributed by atoms with E-state index in [-0.39, 0.29) is 17.5 Å². The minimum Gasteiger partial charge on any atom is -0.378 e. The molecular weight excluding hydrogens is 473 g/mol. The number of hydrogen-bond donors (Lipinski definition) is 1. The Hall–Kier alpha value is -2.43. The van der Waals surface area contributed by atoms with E-state index in [1.165, 1.54) is 23.9 Å². The van der Waals surface area contributed by atoms with Crippen LogP contribution < -0.4 is 10.2 Å². The van der Waals surface area contributed by atoms with Crippen molar-refractivity contribution < 1.29 is 13.9 Å². The van der Waals surface area contributed by atoms with E-state index in [1.807, 2.05) is 29.2 Å². The first kappa shape index (κ1) is 20.8. The van der Waals surface area contributed by atoms with Crippen LogP contribution in [0.5, 0.6) is 0 Å². The van der Waals surface area contributed by atoms with Gasteiger partial charge in [-0.2, -0.15) is 0 Å². The van der Waals surface area contributed by atoms with Crippen LogP contribution >= 0.6 is 27.7 Å². The third-order valence-electron chi connectivity index (χ3n) is 4.46. The number of anilines is 2. The molecule has 0 aliphatic carbocycles. The molecule has 1 aliphatic heterocycles. The van der Waals surface area contributed by atoms with Crippen LogP contribution in [-0.4, -0.2) is 52.7 Å². The maximum absolute atomic E-state index is 13.9. The predicted octanol–water partition coefficient (Wildman–Crippen LogP) is 3.74. The SMILES string of the molecule is O=C(CSc1nnc(N2CCOCC2)n1-c1cccc(F)c1)Nc1ccccc1Br. The minimum atomic E-state index is -0.350. The molecule has 0 spiro atoms. The standard InChI is InChI=1S/C20H19BrFN5O2S/c21-16-6-1-2-7-17(16)23-18(28)13-30-20-25-24-19(26-8-10-29-11-9-26)27(20)15-5-3-4-14(22)12-15/h1-7,12H,8-11,13H2,(H,23,28). The predicted molar refractivity (Wildman–Crippen MR) is 118 cm³/mol. The molecule has 10 heteroatoms. The Morgan fingerprint density at radius 1 is 1.17 bits per heavy atom. The van der Waals surface area contributed by atoms with Gasteiger partial charge in [-0.1, -0.05) is 30.0 Å². The van der Waals surface area contributed by atoms with Crippen LogP contribution in [0.15, 0.2) is 58.2 Å². The number of thioether (sulfide) groups is 1. The van der Waals surface area contributed by atoms with Crippen LogP contribution in [0.25, 0.3) is 5.69 Å². The number of carbonyl (C=O) groups excluding carboxylic acids is 1. The van der Waals surface area contributed by atoms with Gasteiger partial charge < -0.3 is 15.0 Å². The summed E-state index contributed by atoms with van der Waals surface area (Å²) in [4.78, 5) is 14.5. The monoisotopic (exact) mass is 491 g/mol. The molecule has 1 fully saturated rings. The summed E-state index contributed by atoms with van der Waals surface area (Å²) in [5.74, 6) is 0.223. The van der Waals surface area contributed by atoms with Gasteiger partial charge in [0.15, 0.2) is 5.16 Å². The molecule has 1 amide bonds. The molecule has 30 heavy (non-hydrogen) atoms. The quantitative estimate of drug-likeness (QED) is 0.529. The zero-order valence-electron chi connectivity index (χ0n) is 15.9. The number of hydrogen-bond acceptors (Lipinski definition) is 6. The molecule has 156 valence electrons. The Labute approximate surface area is 185 Å². The molecule has 7 nitrogen and oxygen atoms in total. The summed E-state index contributed by atoms with van der Waals surface area (Å²) in [7, 11) is 0. The van der Waals surface area contributed by atoms with Gasteiger partial charge >= 0.3 is 0 Å². The number of rotatable bonds is 6. The molecule has 1 aromatic heterocycles. The van der Waals surface area contributed by atoms with Crippen LogP contribution in [0.3, 0.4) is 0 Å². The van der Waals surface area contributed by atoms with Crippen molar-refractivity contribution in [3.63, 3.8) is 0 Å². The third kappa shape index (κ3) is 4.82. The highest BCUT2D eigenvalue weighted by Gasteiger charge is 2.22. The third-order valence-corrected chi connectivity index (χ3v) is 6.08. The fourth-order valence-corrected chi connectivity index (χ4v) is 4.17. The lowest BCUT2D eigenvalue weighted by Gasteiger charge is -2.27. The second-order valence-electron chi connectivity index (χ2n) is 6.51. The Kier molecular flexibility index (Phi) is 6.66. The van der Waals surface area contributed by atoms with Crippen molar-refractivity contribution in [2.24, 2.45) is 0 Å². The number of halogens is 2. The van der Waals surface area contributed by atoms with Gasteiger partial charge in [0.05, 0.1) is 30.3 Å². The largest absolute Gasteiger partial charge is 0.378 e. The first-order valence-corrected chi connectivity index (χ1v) is 11.1. The molecule has 2 heterocycles. The number of aromatic nitrogens is 3. The lowest BCUT2D eigenvalue weighted by atomic mass is 10.3. The number of nitrogens with one attached hydrogen (secondary N) is 1. The van der Waals surface area contributed by atoms with Crippen LogP contribution in [0, 0.1) is 5.82 Å². The number of morpholine rings is 1. The van der Waals surface area contributed by atoms with E-state index in [0.717, 1.165) is 4.47 Å². The van der Waals surface area contributed by atoms with Crippen LogP contribution in [0.2, 0.25) is 0 Å². The van der Waals surface area contributed by atoms with Crippen molar-refractivity contribution in [3.8, 4) is 5.69 Å². The van der Waals surface area contributed by atoms with Gasteiger partial charge in [-0.05, 0) is 46.3 Å². The van der Waals surface area contributed by atoms with E-state index in [4.69, 9.17) is 4.74 Å². The summed E-state index contributed by atoms with van der Waals surface area (Å²) in [5, 5.41) is 12.0. The van der Waals surface area contributed by atoms with E-state index in [9.17, 15) is 9.18 Å². The van der Waals surface area contributed by atoms with Crippen molar-refractivity contribution >= 4 is 45.2 Å². The zero-order valence-corrected chi connectivity index (χ0v) is 18.3. The summed E-state index contributed by atoms with van der Waals surface area (Å²) < 4.78 is 21.9. The normalized spacial score (nSPS) is 14.0. The summed E-state index contributed by atoms with van der Waals surface area (Å²) in [6, 6.07) is 13.7. The van der Waals surface area contributed by atoms with Gasteiger partial charge in [-0.25, -0.2) is 4.39 Å². The maximum atomic E-state index is 13.9. The van der Waals surface area contributed by atoms with Crippen molar-refractivity contribution in [1.29, 1.82) is 0 Å². The smallest absolute Gasteiger partial charge is 0.234 e. The number of amides is 1. The summed E-state index contributed by atoms with van der Waals surface area (Å²) in [5.41, 5.74) is 1.30. The lowest BCUT2D eigenvalue weighted by molar-refractivity contribution is -0.113. The first-order chi connectivity index (χ1) is 14.6. The minimum absolute atomic E-state index is 0.137. The highest BCUT2D eigenvalue weighted by atomic mass is 79.9. The fourth-order valence-electron chi connectivity index (χ4n) is 3.04. The molecule has 0 saturated carbocycles. The molecule has 0 atom stereocenters. The maximum Gasteiger partial charge on any atom is 0.234 e. The number of carbonyl (C=O) groups is 1. The highest BCUT2D eigenvalue weighted by Crippen LogP contribution is 2.28. The number of benzene rings is 2. The van der Waals surface area contributed by atoms with Crippen LogP contribution in [0.1, 0.15) is 0 Å². The topological polar surface area (TPSA) is 72.3 Å². The Balaban J connectivity index is 1.56. The van der Waals surface area contributed by atoms with Gasteiger partial charge in [-0.15, -0.1) is 10.2 Å². The van der Waals surface area contributed by atoms with Crippen LogP contribution in [0.4, 0.5) is 16.0 Å². The number of ether oxygens (including phenoxy) is 1. The average Bonchev–Trinajstić information content (AvgIpc) is 3.18. The summed E-state index contributed by atoms with van der Waals surface area (Å²) in [6.45, 7) is 2.51. The average molecular weight is 492 g/mol. The van der Waals surface area contributed by atoms with Crippen molar-refractivity contribution in [1.82, 2.24) is 14.8 Å². The number of para-hydroxylation sites is 1. The Morgan fingerprint density at radius 3 is 2.73 bits per heavy atom. The zero-order chi connectivity index (χ0) is 20.9. The van der Waals surface area contributed by atoms with Gasteiger partial charge in [0.1, 0.15) is 5.82 Å². The molecular formula is C20H19BrFN5O2S. The molecule has 0 bridgehead atoms. The van der Waals surface area contributed by atoms with E-state index in [1.54, 1.807) is 16.7 Å². The molecule has 0 radical (unpaired) electrons. The van der Waals surface area contributed by atoms with Crippen LogP contribution in [-0.2, 0) is 9.53 Å². The van der Waals surface area contributed by atoms with Gasteiger partial charge in [0.25, 0.3) is 0 Å². The highest BCUT2D eigenvalue weighted by molar-refractivity contribution is 9.10. The summed E-state index contributed by atoms with van der Waals surface area (Å²) in [6.07, 6.45) is 0. The van der Waals surface area contributed by atoms with Crippen molar-refractivity contribution in [3.05, 3.63) is 58.8 Å². The van der Waals surface area contributed by atoms with E-state index in [2.05, 4.69) is 31.4 Å². The van der Waals surface area contributed by atoms with Crippen molar-refractivity contribution in [2.75, 3.05) is 42.3 Å². The molecule has 1 N–H and O–H groups in total. The molecule has 4 rings (SSSR count). The van der Waals surface area contributed by atoms with Gasteiger partial charge in [0, 0.05) is 17.6 Å². The van der Waals surface area contributed by atoms with Gasteiger partial charge in [0.2, 0.25) is 11.9 Å². The second kappa shape index (κ2) is 9.59.